The average molecular weight is 191 g/mol. The lowest BCUT2D eigenvalue weighted by Gasteiger charge is -2.05. The van der Waals surface area contributed by atoms with Crippen molar-refractivity contribution in [1.82, 2.24) is 15.0 Å². The molecule has 2 aromatic heterocycles. The van der Waals surface area contributed by atoms with Crippen molar-refractivity contribution in [1.29, 1.82) is 0 Å². The minimum absolute atomic E-state index is 0.267. The van der Waals surface area contributed by atoms with Gasteiger partial charge in [0.25, 0.3) is 0 Å². The molecule has 4 heteroatoms. The molecule has 2 aromatic rings. The monoisotopic (exact) mass is 191 g/mol. The van der Waals surface area contributed by atoms with Crippen molar-refractivity contribution >= 4 is 11.3 Å². The summed E-state index contributed by atoms with van der Waals surface area (Å²) in [6.07, 6.45) is 5.14. The van der Waals surface area contributed by atoms with E-state index in [1.807, 2.05) is 17.6 Å². The highest BCUT2D eigenvalue weighted by atomic mass is 32.1. The van der Waals surface area contributed by atoms with Crippen LogP contribution in [0.2, 0.25) is 0 Å². The molecule has 0 aliphatic heterocycles. The topological polar surface area (TPSA) is 38.7 Å². The van der Waals surface area contributed by atoms with Crippen molar-refractivity contribution in [3.8, 4) is 0 Å². The molecule has 0 bridgehead atoms. The number of thiazole rings is 1. The Balaban J connectivity index is 2.29. The van der Waals surface area contributed by atoms with Gasteiger partial charge in [-0.25, -0.2) is 15.0 Å². The van der Waals surface area contributed by atoms with Crippen molar-refractivity contribution in [2.24, 2.45) is 0 Å². The van der Waals surface area contributed by atoms with E-state index in [9.17, 15) is 0 Å². The SMILES string of the molecule is CC(c1ccncn1)c1nccs1. The molecule has 0 saturated carbocycles. The summed E-state index contributed by atoms with van der Waals surface area (Å²) in [5.74, 6) is 0.267. The molecule has 0 aliphatic carbocycles. The first-order chi connectivity index (χ1) is 6.38. The summed E-state index contributed by atoms with van der Waals surface area (Å²) >= 11 is 1.65. The minimum Gasteiger partial charge on any atom is -0.249 e. The summed E-state index contributed by atoms with van der Waals surface area (Å²) in [5, 5.41) is 3.08. The molecule has 13 heavy (non-hydrogen) atoms. The van der Waals surface area contributed by atoms with Crippen LogP contribution in [0.3, 0.4) is 0 Å². The lowest BCUT2D eigenvalue weighted by atomic mass is 10.1. The standard InChI is InChI=1S/C9H9N3S/c1-7(9-11-4-5-13-9)8-2-3-10-6-12-8/h2-7H,1H3. The molecule has 0 spiro atoms. The zero-order chi connectivity index (χ0) is 9.10. The molecule has 0 saturated heterocycles. The van der Waals surface area contributed by atoms with Gasteiger partial charge in [0.05, 0.1) is 11.6 Å². The van der Waals surface area contributed by atoms with Crippen LogP contribution in [0.1, 0.15) is 23.5 Å². The third kappa shape index (κ3) is 1.72. The van der Waals surface area contributed by atoms with Crippen LogP contribution in [0.5, 0.6) is 0 Å². The van der Waals surface area contributed by atoms with Crippen LogP contribution < -0.4 is 0 Å². The molecular weight excluding hydrogens is 182 g/mol. The second kappa shape index (κ2) is 3.62. The van der Waals surface area contributed by atoms with Crippen molar-refractivity contribution in [2.75, 3.05) is 0 Å². The fourth-order valence-corrected chi connectivity index (χ4v) is 1.84. The maximum absolute atomic E-state index is 4.25. The first-order valence-corrected chi connectivity index (χ1v) is 4.91. The van der Waals surface area contributed by atoms with E-state index < -0.39 is 0 Å². The number of rotatable bonds is 2. The van der Waals surface area contributed by atoms with E-state index in [0.29, 0.717) is 0 Å². The molecule has 1 atom stereocenters. The zero-order valence-electron chi connectivity index (χ0n) is 7.21. The quantitative estimate of drug-likeness (QED) is 0.729. The van der Waals surface area contributed by atoms with Gasteiger partial charge in [0.1, 0.15) is 11.3 Å². The van der Waals surface area contributed by atoms with Crippen molar-refractivity contribution in [2.45, 2.75) is 12.8 Å². The number of hydrogen-bond acceptors (Lipinski definition) is 4. The van der Waals surface area contributed by atoms with E-state index in [1.54, 1.807) is 23.9 Å². The molecule has 0 fully saturated rings. The Bertz CT molecular complexity index is 358. The predicted molar refractivity (Wildman–Crippen MR) is 51.7 cm³/mol. The molecule has 66 valence electrons. The first kappa shape index (κ1) is 8.31. The molecule has 0 aliphatic rings. The number of nitrogens with zero attached hydrogens (tertiary/aromatic N) is 3. The van der Waals surface area contributed by atoms with E-state index in [4.69, 9.17) is 0 Å². The van der Waals surface area contributed by atoms with Crippen molar-refractivity contribution in [3.05, 3.63) is 40.9 Å². The Morgan fingerprint density at radius 3 is 2.85 bits per heavy atom. The van der Waals surface area contributed by atoms with Gasteiger partial charge >= 0.3 is 0 Å². The van der Waals surface area contributed by atoms with Crippen LogP contribution in [-0.2, 0) is 0 Å². The van der Waals surface area contributed by atoms with Crippen LogP contribution in [-0.4, -0.2) is 15.0 Å². The zero-order valence-corrected chi connectivity index (χ0v) is 8.03. The largest absolute Gasteiger partial charge is 0.249 e. The highest BCUT2D eigenvalue weighted by molar-refractivity contribution is 7.09. The van der Waals surface area contributed by atoms with Gasteiger partial charge in [-0.2, -0.15) is 0 Å². The summed E-state index contributed by atoms with van der Waals surface area (Å²) in [6.45, 7) is 2.10. The van der Waals surface area contributed by atoms with Gasteiger partial charge in [-0.1, -0.05) is 6.92 Å². The second-order valence-corrected chi connectivity index (χ2v) is 3.65. The summed E-state index contributed by atoms with van der Waals surface area (Å²) in [5.41, 5.74) is 1.02. The van der Waals surface area contributed by atoms with Crippen LogP contribution in [0.25, 0.3) is 0 Å². The Hall–Kier alpha value is -1.29. The maximum atomic E-state index is 4.25. The molecule has 1 unspecified atom stereocenters. The first-order valence-electron chi connectivity index (χ1n) is 4.03. The van der Waals surface area contributed by atoms with Gasteiger partial charge in [-0.05, 0) is 6.07 Å². The Morgan fingerprint density at radius 1 is 1.31 bits per heavy atom. The summed E-state index contributed by atoms with van der Waals surface area (Å²) < 4.78 is 0. The minimum atomic E-state index is 0.267. The summed E-state index contributed by atoms with van der Waals surface area (Å²) in [4.78, 5) is 12.3. The van der Waals surface area contributed by atoms with Gasteiger partial charge in [-0.15, -0.1) is 11.3 Å². The molecule has 0 aromatic carbocycles. The fraction of sp³-hybridized carbons (Fsp3) is 0.222. The Kier molecular flexibility index (Phi) is 2.31. The number of hydrogen-bond donors (Lipinski definition) is 0. The normalized spacial score (nSPS) is 12.7. The molecule has 0 N–H and O–H groups in total. The van der Waals surface area contributed by atoms with Crippen molar-refractivity contribution in [3.63, 3.8) is 0 Å². The van der Waals surface area contributed by atoms with Crippen LogP contribution in [0, 0.1) is 0 Å². The third-order valence-electron chi connectivity index (χ3n) is 1.87. The van der Waals surface area contributed by atoms with Crippen LogP contribution in [0.4, 0.5) is 0 Å². The van der Waals surface area contributed by atoms with Crippen LogP contribution in [0.15, 0.2) is 30.2 Å². The van der Waals surface area contributed by atoms with E-state index in [2.05, 4.69) is 21.9 Å². The molecule has 2 heterocycles. The van der Waals surface area contributed by atoms with E-state index >= 15 is 0 Å². The van der Waals surface area contributed by atoms with E-state index in [0.717, 1.165) is 10.7 Å². The molecule has 0 radical (unpaired) electrons. The molecule has 2 rings (SSSR count). The summed E-state index contributed by atoms with van der Waals surface area (Å²) in [6, 6.07) is 1.92. The van der Waals surface area contributed by atoms with E-state index in [1.165, 1.54) is 0 Å². The molecule has 0 amide bonds. The van der Waals surface area contributed by atoms with Gasteiger partial charge in [0, 0.05) is 17.8 Å². The average Bonchev–Trinajstić information content (AvgIpc) is 2.71. The molecule has 3 nitrogen and oxygen atoms in total. The van der Waals surface area contributed by atoms with Crippen LogP contribution >= 0.6 is 11.3 Å². The Labute approximate surface area is 80.5 Å². The molecular formula is C9H9N3S. The maximum Gasteiger partial charge on any atom is 0.115 e. The van der Waals surface area contributed by atoms with Gasteiger partial charge < -0.3 is 0 Å². The summed E-state index contributed by atoms with van der Waals surface area (Å²) in [7, 11) is 0. The second-order valence-electron chi connectivity index (χ2n) is 2.73. The highest BCUT2D eigenvalue weighted by Gasteiger charge is 2.10. The smallest absolute Gasteiger partial charge is 0.115 e. The Morgan fingerprint density at radius 2 is 2.23 bits per heavy atom. The lowest BCUT2D eigenvalue weighted by Crippen LogP contribution is -1.98. The number of aromatic nitrogens is 3. The lowest BCUT2D eigenvalue weighted by molar-refractivity contribution is 0.848. The fourth-order valence-electron chi connectivity index (χ4n) is 1.13. The van der Waals surface area contributed by atoms with Crippen molar-refractivity contribution < 1.29 is 0 Å². The highest BCUT2D eigenvalue weighted by Crippen LogP contribution is 2.22. The predicted octanol–water partition coefficient (Wildman–Crippen LogP) is 2.08. The van der Waals surface area contributed by atoms with Gasteiger partial charge in [0.15, 0.2) is 0 Å². The van der Waals surface area contributed by atoms with E-state index in [-0.39, 0.29) is 5.92 Å². The third-order valence-corrected chi connectivity index (χ3v) is 2.83. The van der Waals surface area contributed by atoms with Gasteiger partial charge in [0.2, 0.25) is 0 Å². The van der Waals surface area contributed by atoms with Gasteiger partial charge in [-0.3, -0.25) is 0 Å².